The predicted octanol–water partition coefficient (Wildman–Crippen LogP) is 2.18. The van der Waals surface area contributed by atoms with Crippen molar-refractivity contribution < 1.29 is 14.3 Å². The van der Waals surface area contributed by atoms with Crippen LogP contribution in [0.3, 0.4) is 0 Å². The van der Waals surface area contributed by atoms with Gasteiger partial charge in [-0.2, -0.15) is 5.10 Å². The predicted molar refractivity (Wildman–Crippen MR) is 83.5 cm³/mol. The number of nitrogen functional groups attached to an aromatic ring is 1. The van der Waals surface area contributed by atoms with Gasteiger partial charge >= 0.3 is 6.09 Å². The van der Waals surface area contributed by atoms with E-state index in [4.69, 9.17) is 15.2 Å². The Morgan fingerprint density at radius 1 is 1.55 bits per heavy atom. The molecule has 2 heterocycles. The van der Waals surface area contributed by atoms with Gasteiger partial charge in [0.2, 0.25) is 0 Å². The summed E-state index contributed by atoms with van der Waals surface area (Å²) in [6, 6.07) is 1.87. The van der Waals surface area contributed by atoms with Crippen molar-refractivity contribution in [3.63, 3.8) is 0 Å². The molecule has 3 N–H and O–H groups in total. The molecule has 0 bridgehead atoms. The summed E-state index contributed by atoms with van der Waals surface area (Å²) in [6.07, 6.45) is -0.227. The fourth-order valence-electron chi connectivity index (χ4n) is 2.49. The van der Waals surface area contributed by atoms with E-state index in [0.29, 0.717) is 18.8 Å². The molecule has 7 heteroatoms. The zero-order valence-electron chi connectivity index (χ0n) is 13.9. The first-order valence-electron chi connectivity index (χ1n) is 7.61. The second-order valence-corrected chi connectivity index (χ2v) is 6.96. The van der Waals surface area contributed by atoms with E-state index in [1.165, 1.54) is 0 Å². The Bertz CT molecular complexity index is 533. The van der Waals surface area contributed by atoms with E-state index in [0.717, 1.165) is 5.69 Å². The summed E-state index contributed by atoms with van der Waals surface area (Å²) in [5, 5.41) is 7.06. The molecule has 1 aromatic heterocycles. The summed E-state index contributed by atoms with van der Waals surface area (Å²) < 4.78 is 13.0. The fraction of sp³-hybridized carbons (Fsp3) is 0.733. The van der Waals surface area contributed by atoms with Crippen molar-refractivity contribution in [2.75, 3.05) is 12.3 Å². The molecular formula is C15H26N4O3. The van der Waals surface area contributed by atoms with Gasteiger partial charge in [0.05, 0.1) is 17.8 Å². The molecule has 0 saturated carbocycles. The lowest BCUT2D eigenvalue weighted by molar-refractivity contribution is 0.0658. The second-order valence-electron chi connectivity index (χ2n) is 6.96. The maximum Gasteiger partial charge on any atom is 0.407 e. The smallest absolute Gasteiger partial charge is 0.407 e. The number of hydrogen-bond donors (Lipinski definition) is 2. The zero-order valence-corrected chi connectivity index (χ0v) is 13.9. The number of carbonyl (C=O) groups excluding carboxylic acids is 1. The minimum Gasteiger partial charge on any atom is -0.444 e. The van der Waals surface area contributed by atoms with Crippen molar-refractivity contribution in [2.45, 2.75) is 64.8 Å². The van der Waals surface area contributed by atoms with Crippen molar-refractivity contribution in [1.82, 2.24) is 15.1 Å². The SMILES string of the molecule is CC(C)NC(=O)O[C@@H]1CO[C@H](c2cc(N)nn2C(C)(C)C)C1. The van der Waals surface area contributed by atoms with Gasteiger partial charge in [-0.25, -0.2) is 4.79 Å². The van der Waals surface area contributed by atoms with E-state index in [2.05, 4.69) is 31.2 Å². The van der Waals surface area contributed by atoms with Crippen molar-refractivity contribution >= 4 is 11.9 Å². The molecule has 124 valence electrons. The van der Waals surface area contributed by atoms with Crippen LogP contribution in [0.1, 0.15) is 52.8 Å². The van der Waals surface area contributed by atoms with Gasteiger partial charge in [-0.05, 0) is 34.6 Å². The topological polar surface area (TPSA) is 91.4 Å². The Balaban J connectivity index is 2.03. The van der Waals surface area contributed by atoms with Crippen molar-refractivity contribution in [2.24, 2.45) is 0 Å². The summed E-state index contributed by atoms with van der Waals surface area (Å²) >= 11 is 0. The number of carbonyl (C=O) groups is 1. The maximum atomic E-state index is 11.7. The Kier molecular flexibility index (Phi) is 4.65. The molecule has 2 rings (SSSR count). The monoisotopic (exact) mass is 310 g/mol. The van der Waals surface area contributed by atoms with Crippen LogP contribution < -0.4 is 11.1 Å². The fourth-order valence-corrected chi connectivity index (χ4v) is 2.49. The summed E-state index contributed by atoms with van der Waals surface area (Å²) in [7, 11) is 0. The van der Waals surface area contributed by atoms with Gasteiger partial charge in [-0.3, -0.25) is 4.68 Å². The number of hydrogen-bond acceptors (Lipinski definition) is 5. The largest absolute Gasteiger partial charge is 0.444 e. The first kappa shape index (κ1) is 16.6. The standard InChI is InChI=1S/C15H26N4O3/c1-9(2)17-14(20)22-10-6-12(21-8-10)11-7-13(16)18-19(11)15(3,4)5/h7,9-10,12H,6,8H2,1-5H3,(H2,16,18)(H,17,20)/t10-,12-/m0/s1. The van der Waals surface area contributed by atoms with Crippen LogP contribution in [0.15, 0.2) is 6.07 Å². The highest BCUT2D eigenvalue weighted by Gasteiger charge is 2.34. The molecule has 1 fully saturated rings. The third-order valence-corrected chi connectivity index (χ3v) is 3.36. The van der Waals surface area contributed by atoms with Crippen molar-refractivity contribution in [3.8, 4) is 0 Å². The Morgan fingerprint density at radius 3 is 2.82 bits per heavy atom. The first-order valence-corrected chi connectivity index (χ1v) is 7.61. The van der Waals surface area contributed by atoms with Crippen LogP contribution in [0.25, 0.3) is 0 Å². The lowest BCUT2D eigenvalue weighted by Gasteiger charge is -2.24. The van der Waals surface area contributed by atoms with Gasteiger partial charge < -0.3 is 20.5 Å². The first-order chi connectivity index (χ1) is 10.2. The maximum absolute atomic E-state index is 11.7. The van der Waals surface area contributed by atoms with Gasteiger partial charge in [0, 0.05) is 18.5 Å². The molecule has 1 saturated heterocycles. The molecule has 0 radical (unpaired) electrons. The Morgan fingerprint density at radius 2 is 2.23 bits per heavy atom. The van der Waals surface area contributed by atoms with Crippen LogP contribution >= 0.6 is 0 Å². The number of ether oxygens (including phenoxy) is 2. The number of nitrogens with one attached hydrogen (secondary N) is 1. The van der Waals surface area contributed by atoms with Crippen molar-refractivity contribution in [3.05, 3.63) is 11.8 Å². The normalized spacial score (nSPS) is 22.1. The van der Waals surface area contributed by atoms with Crippen LogP contribution in [0, 0.1) is 0 Å². The minimum atomic E-state index is -0.409. The lowest BCUT2D eigenvalue weighted by Crippen LogP contribution is -2.33. The summed E-state index contributed by atoms with van der Waals surface area (Å²) in [6.45, 7) is 10.3. The molecular weight excluding hydrogens is 284 g/mol. The molecule has 0 spiro atoms. The third-order valence-electron chi connectivity index (χ3n) is 3.36. The highest BCUT2D eigenvalue weighted by atomic mass is 16.6. The van der Waals surface area contributed by atoms with Crippen molar-refractivity contribution in [1.29, 1.82) is 0 Å². The summed E-state index contributed by atoms with van der Waals surface area (Å²) in [5.41, 5.74) is 6.56. The molecule has 2 atom stereocenters. The lowest BCUT2D eigenvalue weighted by atomic mass is 10.1. The number of amides is 1. The molecule has 22 heavy (non-hydrogen) atoms. The second kappa shape index (κ2) is 6.16. The number of alkyl carbamates (subject to hydrolysis) is 1. The minimum absolute atomic E-state index is 0.0488. The van der Waals surface area contributed by atoms with E-state index >= 15 is 0 Å². The summed E-state index contributed by atoms with van der Waals surface area (Å²) in [5.74, 6) is 0.468. The van der Waals surface area contributed by atoms with Gasteiger partial charge in [0.1, 0.15) is 18.0 Å². The molecule has 0 aromatic carbocycles. The van der Waals surface area contributed by atoms with E-state index in [9.17, 15) is 4.79 Å². The quantitative estimate of drug-likeness (QED) is 0.893. The van der Waals surface area contributed by atoms with Gasteiger partial charge in [-0.1, -0.05) is 0 Å². The van der Waals surface area contributed by atoms with Crippen LogP contribution in [0.2, 0.25) is 0 Å². The zero-order chi connectivity index (χ0) is 16.5. The van der Waals surface area contributed by atoms with Gasteiger partial charge in [0.25, 0.3) is 0 Å². The van der Waals surface area contributed by atoms with Crippen LogP contribution in [0.5, 0.6) is 0 Å². The molecule has 1 aliphatic heterocycles. The third kappa shape index (κ3) is 3.91. The van der Waals surface area contributed by atoms with E-state index < -0.39 is 6.09 Å². The molecule has 1 amide bonds. The summed E-state index contributed by atoms with van der Waals surface area (Å²) in [4.78, 5) is 11.7. The molecule has 1 aliphatic rings. The average Bonchev–Trinajstić information content (AvgIpc) is 2.93. The van der Waals surface area contributed by atoms with Crippen LogP contribution in [0.4, 0.5) is 10.6 Å². The number of anilines is 1. The van der Waals surface area contributed by atoms with Crippen LogP contribution in [-0.2, 0) is 15.0 Å². The van der Waals surface area contributed by atoms with Crippen LogP contribution in [-0.4, -0.2) is 34.6 Å². The molecule has 0 aliphatic carbocycles. The molecule has 7 nitrogen and oxygen atoms in total. The number of rotatable bonds is 3. The molecule has 0 unspecified atom stereocenters. The number of aromatic nitrogens is 2. The van der Waals surface area contributed by atoms with Gasteiger partial charge in [0.15, 0.2) is 0 Å². The number of nitrogens with two attached hydrogens (primary N) is 1. The van der Waals surface area contributed by atoms with E-state index in [-0.39, 0.29) is 23.8 Å². The average molecular weight is 310 g/mol. The van der Waals surface area contributed by atoms with E-state index in [1.54, 1.807) is 0 Å². The van der Waals surface area contributed by atoms with E-state index in [1.807, 2.05) is 24.6 Å². The Hall–Kier alpha value is -1.76. The molecule has 1 aromatic rings. The number of nitrogens with zero attached hydrogens (tertiary/aromatic N) is 2. The van der Waals surface area contributed by atoms with Gasteiger partial charge in [-0.15, -0.1) is 0 Å². The highest BCUT2D eigenvalue weighted by Crippen LogP contribution is 2.33. The highest BCUT2D eigenvalue weighted by molar-refractivity contribution is 5.67. The Labute approximate surface area is 131 Å².